The molecule has 3 aliphatic heterocycles. The Bertz CT molecular complexity index is 1110. The number of aliphatic carboxylic acids is 1. The molecule has 0 spiro atoms. The Morgan fingerprint density at radius 3 is 2.62 bits per heavy atom. The molecule has 0 saturated heterocycles. The number of carbonyl (C=O) groups is 2. The van der Waals surface area contributed by atoms with Crippen molar-refractivity contribution in [1.29, 1.82) is 0 Å². The minimum atomic E-state index is -0.674. The van der Waals surface area contributed by atoms with Crippen molar-refractivity contribution < 1.29 is 14.7 Å². The fourth-order valence-electron chi connectivity index (χ4n) is 7.10. The highest BCUT2D eigenvalue weighted by molar-refractivity contribution is 6.30. The number of hydrogen-bond acceptors (Lipinski definition) is 4. The number of amides is 1. The topological polar surface area (TPSA) is 73.2 Å². The van der Waals surface area contributed by atoms with E-state index < -0.39 is 11.4 Å². The van der Waals surface area contributed by atoms with Gasteiger partial charge < -0.3 is 14.9 Å². The molecule has 1 N–H and O–H groups in total. The van der Waals surface area contributed by atoms with E-state index in [1.54, 1.807) is 0 Å². The van der Waals surface area contributed by atoms with Crippen LogP contribution in [0.15, 0.2) is 52.7 Å². The Kier molecular flexibility index (Phi) is 5.14. The lowest BCUT2D eigenvalue weighted by atomic mass is 9.80. The zero-order valence-corrected chi connectivity index (χ0v) is 20.0. The third kappa shape index (κ3) is 3.49. The van der Waals surface area contributed by atoms with E-state index in [1.807, 2.05) is 29.3 Å². The summed E-state index contributed by atoms with van der Waals surface area (Å²) < 4.78 is 0. The summed E-state index contributed by atoms with van der Waals surface area (Å²) in [5, 5.41) is 10.4. The molecule has 178 valence electrons. The van der Waals surface area contributed by atoms with Gasteiger partial charge >= 0.3 is 5.97 Å². The molecule has 2 fully saturated rings. The SMILES string of the molecule is O=C(CC12CCC(C(=O)O)(CC1)C2)N1CCC2=C(C1)N(Cc1ccc(Cl)cc1)C1N=CC=CC21. The molecule has 2 bridgehead atoms. The van der Waals surface area contributed by atoms with Gasteiger partial charge in [0.05, 0.1) is 12.0 Å². The average molecular weight is 480 g/mol. The van der Waals surface area contributed by atoms with E-state index in [-0.39, 0.29) is 23.4 Å². The quantitative estimate of drug-likeness (QED) is 0.667. The summed E-state index contributed by atoms with van der Waals surface area (Å²) in [6, 6.07) is 7.94. The highest BCUT2D eigenvalue weighted by atomic mass is 35.5. The van der Waals surface area contributed by atoms with E-state index in [2.05, 4.69) is 23.1 Å². The molecule has 5 aliphatic rings. The van der Waals surface area contributed by atoms with Crippen molar-refractivity contribution in [2.75, 3.05) is 13.1 Å². The number of carboxylic acids is 1. The van der Waals surface area contributed by atoms with E-state index in [0.717, 1.165) is 37.4 Å². The zero-order valence-electron chi connectivity index (χ0n) is 19.3. The molecular weight excluding hydrogens is 450 g/mol. The monoisotopic (exact) mass is 479 g/mol. The van der Waals surface area contributed by atoms with Crippen molar-refractivity contribution in [2.24, 2.45) is 21.7 Å². The Labute approximate surface area is 205 Å². The minimum absolute atomic E-state index is 0.0418. The van der Waals surface area contributed by atoms with Crippen molar-refractivity contribution in [3.63, 3.8) is 0 Å². The lowest BCUT2D eigenvalue weighted by molar-refractivity contribution is -0.148. The highest BCUT2D eigenvalue weighted by Crippen LogP contribution is 2.63. The fraction of sp³-hybridized carbons (Fsp3) is 0.519. The summed E-state index contributed by atoms with van der Waals surface area (Å²) in [6.45, 7) is 2.07. The van der Waals surface area contributed by atoms with Crippen molar-refractivity contribution >= 4 is 29.7 Å². The van der Waals surface area contributed by atoms with Crippen LogP contribution < -0.4 is 0 Å². The zero-order chi connectivity index (χ0) is 23.5. The molecule has 2 aliphatic carbocycles. The molecule has 1 amide bonds. The van der Waals surface area contributed by atoms with E-state index >= 15 is 0 Å². The third-order valence-electron chi connectivity index (χ3n) is 8.98. The highest BCUT2D eigenvalue weighted by Gasteiger charge is 2.59. The smallest absolute Gasteiger partial charge is 0.309 e. The molecule has 0 radical (unpaired) electrons. The van der Waals surface area contributed by atoms with Crippen LogP contribution in [0, 0.1) is 16.7 Å². The number of fused-ring (bicyclic) bond motifs is 4. The van der Waals surface area contributed by atoms with Crippen LogP contribution in [0.1, 0.15) is 50.5 Å². The fourth-order valence-corrected chi connectivity index (χ4v) is 7.23. The first-order valence-corrected chi connectivity index (χ1v) is 12.7. The summed E-state index contributed by atoms with van der Waals surface area (Å²) in [6.07, 6.45) is 11.4. The maximum Gasteiger partial charge on any atom is 0.309 e. The Morgan fingerprint density at radius 2 is 1.91 bits per heavy atom. The van der Waals surface area contributed by atoms with Crippen LogP contribution in [0.25, 0.3) is 0 Å². The molecule has 1 aromatic carbocycles. The van der Waals surface area contributed by atoms with Crippen molar-refractivity contribution in [1.82, 2.24) is 9.80 Å². The van der Waals surface area contributed by atoms with Gasteiger partial charge in [-0.2, -0.15) is 0 Å². The molecule has 3 heterocycles. The van der Waals surface area contributed by atoms with Gasteiger partial charge in [-0.15, -0.1) is 0 Å². The second kappa shape index (κ2) is 7.98. The summed E-state index contributed by atoms with van der Waals surface area (Å²) in [5.41, 5.74) is 3.10. The first kappa shape index (κ1) is 21.9. The summed E-state index contributed by atoms with van der Waals surface area (Å²) >= 11 is 6.09. The second-order valence-corrected chi connectivity index (χ2v) is 11.3. The molecule has 1 aromatic rings. The number of benzene rings is 1. The Morgan fingerprint density at radius 1 is 1.15 bits per heavy atom. The van der Waals surface area contributed by atoms with Gasteiger partial charge in [0, 0.05) is 42.4 Å². The van der Waals surface area contributed by atoms with Gasteiger partial charge in [-0.05, 0) is 73.3 Å². The Balaban J connectivity index is 1.21. The van der Waals surface area contributed by atoms with E-state index in [0.29, 0.717) is 32.2 Å². The number of allylic oxidation sites excluding steroid dienone is 1. The number of hydrogen-bond donors (Lipinski definition) is 1. The molecule has 0 aromatic heterocycles. The lowest BCUT2D eigenvalue weighted by Crippen LogP contribution is -2.42. The van der Waals surface area contributed by atoms with Gasteiger partial charge in [-0.3, -0.25) is 14.6 Å². The van der Waals surface area contributed by atoms with Gasteiger partial charge in [-0.1, -0.05) is 29.8 Å². The van der Waals surface area contributed by atoms with E-state index in [4.69, 9.17) is 16.6 Å². The first-order valence-electron chi connectivity index (χ1n) is 12.3. The van der Waals surface area contributed by atoms with Crippen LogP contribution in [0.2, 0.25) is 5.02 Å². The average Bonchev–Trinajstić information content (AvgIpc) is 3.50. The minimum Gasteiger partial charge on any atom is -0.481 e. The van der Waals surface area contributed by atoms with Gasteiger partial charge in [0.1, 0.15) is 6.17 Å². The third-order valence-corrected chi connectivity index (χ3v) is 9.23. The number of nitrogens with zero attached hydrogens (tertiary/aromatic N) is 3. The van der Waals surface area contributed by atoms with Crippen LogP contribution >= 0.6 is 11.6 Å². The van der Waals surface area contributed by atoms with Crippen molar-refractivity contribution in [2.45, 2.75) is 57.7 Å². The standard InChI is InChI=1S/C27H30ClN3O3/c28-19-5-3-18(4-6-19)15-31-22-16-30(13-7-20(22)21-2-1-12-29-24(21)31)23(32)14-26-8-10-27(17-26,11-9-26)25(33)34/h1-6,12,21,24H,7-11,13-17H2,(H,33,34). The van der Waals surface area contributed by atoms with E-state index in [1.165, 1.54) is 16.8 Å². The van der Waals surface area contributed by atoms with Gasteiger partial charge in [0.15, 0.2) is 0 Å². The largest absolute Gasteiger partial charge is 0.481 e. The number of halogens is 1. The second-order valence-electron chi connectivity index (χ2n) is 10.9. The lowest BCUT2D eigenvalue weighted by Gasteiger charge is -2.35. The van der Waals surface area contributed by atoms with Gasteiger partial charge in [-0.25, -0.2) is 0 Å². The molecule has 7 heteroatoms. The van der Waals surface area contributed by atoms with Crippen molar-refractivity contribution in [3.8, 4) is 0 Å². The molecule has 6 rings (SSSR count). The molecule has 2 atom stereocenters. The van der Waals surface area contributed by atoms with Crippen LogP contribution in [-0.2, 0) is 16.1 Å². The summed E-state index contributed by atoms with van der Waals surface area (Å²) in [5.74, 6) is -0.230. The van der Waals surface area contributed by atoms with Gasteiger partial charge in [0.25, 0.3) is 0 Å². The van der Waals surface area contributed by atoms with Crippen molar-refractivity contribution in [3.05, 3.63) is 58.3 Å². The van der Waals surface area contributed by atoms with Gasteiger partial charge in [0.2, 0.25) is 5.91 Å². The first-order chi connectivity index (χ1) is 16.4. The van der Waals surface area contributed by atoms with E-state index in [9.17, 15) is 14.7 Å². The summed E-state index contributed by atoms with van der Waals surface area (Å²) in [7, 11) is 0. The number of aliphatic imine (C=N–C) groups is 1. The number of rotatable bonds is 5. The number of carbonyl (C=O) groups excluding carboxylic acids is 1. The summed E-state index contributed by atoms with van der Waals surface area (Å²) in [4.78, 5) is 34.5. The molecule has 2 unspecified atom stereocenters. The maximum absolute atomic E-state index is 13.5. The van der Waals surface area contributed by atoms with Crippen LogP contribution in [0.4, 0.5) is 0 Å². The molecule has 2 saturated carbocycles. The molecule has 34 heavy (non-hydrogen) atoms. The van der Waals surface area contributed by atoms with Crippen LogP contribution in [0.5, 0.6) is 0 Å². The molecule has 6 nitrogen and oxygen atoms in total. The number of dihydropyridines is 1. The van der Waals surface area contributed by atoms with Crippen LogP contribution in [-0.4, -0.2) is 52.3 Å². The van der Waals surface area contributed by atoms with Crippen LogP contribution in [0.3, 0.4) is 0 Å². The maximum atomic E-state index is 13.5. The predicted molar refractivity (Wildman–Crippen MR) is 130 cm³/mol. The normalized spacial score (nSPS) is 33.4. The number of carboxylic acid groups (broad SMARTS) is 1. The Hall–Kier alpha value is -2.60. The molecular formula is C27H30ClN3O3. The predicted octanol–water partition coefficient (Wildman–Crippen LogP) is 4.65.